The smallest absolute Gasteiger partial charge is 0.365 e. The number of benzene rings is 1. The highest BCUT2D eigenvalue weighted by Gasteiger charge is 2.16. The Kier molecular flexibility index (Phi) is 3.15. The van der Waals surface area contributed by atoms with Gasteiger partial charge in [0, 0.05) is 23.0 Å². The van der Waals surface area contributed by atoms with Gasteiger partial charge in [0.05, 0.1) is 17.2 Å². The highest BCUT2D eigenvalue weighted by Crippen LogP contribution is 2.27. The topological polar surface area (TPSA) is 98.3 Å². The highest BCUT2D eigenvalue weighted by atomic mass is 32.1. The summed E-state index contributed by atoms with van der Waals surface area (Å²) >= 11 is 1.04. The minimum atomic E-state index is -1.07. The number of hydrogen-bond donors (Lipinski definition) is 1. The molecule has 1 aromatic carbocycles. The number of nitro benzene ring substituents is 1. The molecule has 3 aromatic rings. The molecule has 0 saturated heterocycles. The average molecular weight is 303 g/mol. The summed E-state index contributed by atoms with van der Waals surface area (Å²) in [7, 11) is 0. The molecular weight excluding hydrogens is 294 g/mol. The molecule has 0 fully saturated rings. The van der Waals surface area contributed by atoms with Crippen molar-refractivity contribution in [2.45, 2.75) is 6.54 Å². The van der Waals surface area contributed by atoms with Gasteiger partial charge in [0.15, 0.2) is 0 Å². The lowest BCUT2D eigenvalue weighted by Crippen LogP contribution is -2.02. The van der Waals surface area contributed by atoms with E-state index in [1.807, 2.05) is 0 Å². The third-order valence-corrected chi connectivity index (χ3v) is 3.91. The Hall–Kier alpha value is -2.74. The molecule has 0 bridgehead atoms. The largest absolute Gasteiger partial charge is 0.476 e. The first kappa shape index (κ1) is 13.3. The molecule has 8 heteroatoms. The number of carbonyl (C=O) groups is 1. The molecule has 0 spiro atoms. The molecule has 0 amide bonds. The normalized spacial score (nSPS) is 10.9. The minimum absolute atomic E-state index is 0.0101. The van der Waals surface area contributed by atoms with Crippen LogP contribution in [0.2, 0.25) is 0 Å². The highest BCUT2D eigenvalue weighted by molar-refractivity contribution is 7.11. The molecule has 2 heterocycles. The molecule has 0 saturated carbocycles. The number of fused-ring (bicyclic) bond motifs is 1. The van der Waals surface area contributed by atoms with E-state index in [1.54, 1.807) is 34.3 Å². The Morgan fingerprint density at radius 2 is 2.24 bits per heavy atom. The van der Waals surface area contributed by atoms with Crippen molar-refractivity contribution in [1.82, 2.24) is 9.55 Å². The number of rotatable bonds is 4. The van der Waals surface area contributed by atoms with Crippen molar-refractivity contribution in [1.29, 1.82) is 0 Å². The maximum Gasteiger partial charge on any atom is 0.365 e. The van der Waals surface area contributed by atoms with Gasteiger partial charge in [0.25, 0.3) is 5.69 Å². The SMILES string of the molecule is O=C(O)c1nc(Cn2ccc3cccc([N+](=O)[O-])c32)cs1. The quantitative estimate of drug-likeness (QED) is 0.590. The second-order valence-electron chi connectivity index (χ2n) is 4.36. The van der Waals surface area contributed by atoms with Crippen LogP contribution in [0.5, 0.6) is 0 Å². The molecule has 0 unspecified atom stereocenters. The fourth-order valence-electron chi connectivity index (χ4n) is 2.17. The molecule has 1 N–H and O–H groups in total. The van der Waals surface area contributed by atoms with E-state index in [1.165, 1.54) is 6.07 Å². The Morgan fingerprint density at radius 1 is 1.43 bits per heavy atom. The molecule has 2 aromatic heterocycles. The van der Waals surface area contributed by atoms with Gasteiger partial charge in [-0.3, -0.25) is 10.1 Å². The maximum atomic E-state index is 11.1. The van der Waals surface area contributed by atoms with E-state index in [9.17, 15) is 14.9 Å². The van der Waals surface area contributed by atoms with Crippen LogP contribution in [-0.2, 0) is 6.54 Å². The van der Waals surface area contributed by atoms with Crippen LogP contribution in [0.25, 0.3) is 10.9 Å². The van der Waals surface area contributed by atoms with Crippen molar-refractivity contribution in [3.8, 4) is 0 Å². The van der Waals surface area contributed by atoms with Gasteiger partial charge in [0.1, 0.15) is 5.52 Å². The van der Waals surface area contributed by atoms with Gasteiger partial charge >= 0.3 is 5.97 Å². The Labute approximate surface area is 122 Å². The average Bonchev–Trinajstić information content (AvgIpc) is 3.06. The first-order valence-electron chi connectivity index (χ1n) is 5.96. The van der Waals surface area contributed by atoms with Gasteiger partial charge in [0.2, 0.25) is 5.01 Å². The van der Waals surface area contributed by atoms with Crippen molar-refractivity contribution >= 4 is 33.9 Å². The van der Waals surface area contributed by atoms with E-state index in [-0.39, 0.29) is 17.2 Å². The van der Waals surface area contributed by atoms with E-state index in [2.05, 4.69) is 4.98 Å². The van der Waals surface area contributed by atoms with E-state index >= 15 is 0 Å². The lowest BCUT2D eigenvalue weighted by molar-refractivity contribution is -0.383. The third kappa shape index (κ3) is 2.36. The third-order valence-electron chi connectivity index (χ3n) is 3.03. The lowest BCUT2D eigenvalue weighted by Gasteiger charge is -2.03. The maximum absolute atomic E-state index is 11.1. The summed E-state index contributed by atoms with van der Waals surface area (Å²) in [5.74, 6) is -1.07. The molecule has 21 heavy (non-hydrogen) atoms. The monoisotopic (exact) mass is 303 g/mol. The second kappa shape index (κ2) is 4.98. The summed E-state index contributed by atoms with van der Waals surface area (Å²) in [5, 5.41) is 22.4. The number of hydrogen-bond acceptors (Lipinski definition) is 5. The molecule has 7 nitrogen and oxygen atoms in total. The molecule has 0 aliphatic rings. The van der Waals surface area contributed by atoms with Crippen LogP contribution in [0.3, 0.4) is 0 Å². The molecule has 0 atom stereocenters. The fourth-order valence-corrected chi connectivity index (χ4v) is 2.82. The van der Waals surface area contributed by atoms with Gasteiger partial charge in [-0.05, 0) is 6.07 Å². The predicted molar refractivity (Wildman–Crippen MR) is 76.8 cm³/mol. The van der Waals surface area contributed by atoms with Crippen molar-refractivity contribution in [2.24, 2.45) is 0 Å². The Morgan fingerprint density at radius 3 is 2.90 bits per heavy atom. The van der Waals surface area contributed by atoms with Gasteiger partial charge < -0.3 is 9.67 Å². The van der Waals surface area contributed by atoms with Gasteiger partial charge in [-0.25, -0.2) is 9.78 Å². The zero-order valence-corrected chi connectivity index (χ0v) is 11.4. The van der Waals surface area contributed by atoms with E-state index < -0.39 is 10.9 Å². The number of nitrogens with zero attached hydrogens (tertiary/aromatic N) is 3. The second-order valence-corrected chi connectivity index (χ2v) is 5.22. The summed E-state index contributed by atoms with van der Waals surface area (Å²) < 4.78 is 1.70. The summed E-state index contributed by atoms with van der Waals surface area (Å²) in [6, 6.07) is 6.66. The van der Waals surface area contributed by atoms with Crippen LogP contribution in [0, 0.1) is 10.1 Å². The van der Waals surface area contributed by atoms with Gasteiger partial charge in [-0.15, -0.1) is 11.3 Å². The van der Waals surface area contributed by atoms with E-state index in [4.69, 9.17) is 5.11 Å². The number of thiazole rings is 1. The molecule has 106 valence electrons. The van der Waals surface area contributed by atoms with Crippen molar-refractivity contribution in [2.75, 3.05) is 0 Å². The van der Waals surface area contributed by atoms with Crippen molar-refractivity contribution in [3.05, 3.63) is 56.7 Å². The predicted octanol–water partition coefficient (Wildman–Crippen LogP) is 2.75. The summed E-state index contributed by atoms with van der Waals surface area (Å²) in [4.78, 5) is 25.5. The Bertz CT molecular complexity index is 852. The first-order chi connectivity index (χ1) is 10.1. The van der Waals surface area contributed by atoms with Crippen LogP contribution in [0.15, 0.2) is 35.8 Å². The number of aromatic carboxylic acids is 1. The summed E-state index contributed by atoms with van der Waals surface area (Å²) in [6.07, 6.45) is 1.73. The zero-order chi connectivity index (χ0) is 15.0. The summed E-state index contributed by atoms with van der Waals surface area (Å²) in [5.41, 5.74) is 1.09. The zero-order valence-electron chi connectivity index (χ0n) is 10.6. The number of carboxylic acids is 1. The lowest BCUT2D eigenvalue weighted by atomic mass is 10.2. The number of non-ortho nitro benzene ring substituents is 1. The number of para-hydroxylation sites is 1. The molecule has 0 aliphatic heterocycles. The van der Waals surface area contributed by atoms with Gasteiger partial charge in [-0.2, -0.15) is 0 Å². The fraction of sp³-hybridized carbons (Fsp3) is 0.0769. The van der Waals surface area contributed by atoms with E-state index in [0.29, 0.717) is 11.2 Å². The van der Waals surface area contributed by atoms with Crippen LogP contribution >= 0.6 is 11.3 Å². The number of carboxylic acid groups (broad SMARTS) is 1. The van der Waals surface area contributed by atoms with Crippen molar-refractivity contribution in [3.63, 3.8) is 0 Å². The van der Waals surface area contributed by atoms with Gasteiger partial charge in [-0.1, -0.05) is 12.1 Å². The first-order valence-corrected chi connectivity index (χ1v) is 6.84. The molecular formula is C13H9N3O4S. The minimum Gasteiger partial charge on any atom is -0.476 e. The van der Waals surface area contributed by atoms with Crippen LogP contribution < -0.4 is 0 Å². The van der Waals surface area contributed by atoms with E-state index in [0.717, 1.165) is 16.7 Å². The van der Waals surface area contributed by atoms with Crippen LogP contribution in [0.1, 0.15) is 15.5 Å². The summed E-state index contributed by atoms with van der Waals surface area (Å²) in [6.45, 7) is 0.290. The van der Waals surface area contributed by atoms with Crippen LogP contribution in [0.4, 0.5) is 5.69 Å². The van der Waals surface area contributed by atoms with Crippen LogP contribution in [-0.4, -0.2) is 25.6 Å². The number of nitro groups is 1. The molecule has 3 rings (SSSR count). The Balaban J connectivity index is 2.04. The standard InChI is InChI=1S/C13H9N3O4S/c17-13(18)12-14-9(7-21-12)6-15-5-4-8-2-1-3-10(11(8)15)16(19)20/h1-5,7H,6H2,(H,17,18). The molecule has 0 radical (unpaired) electrons. The van der Waals surface area contributed by atoms with Crippen molar-refractivity contribution < 1.29 is 14.8 Å². The number of aromatic nitrogens is 2. The molecule has 0 aliphatic carbocycles.